The summed E-state index contributed by atoms with van der Waals surface area (Å²) in [6, 6.07) is 6.99. The van der Waals surface area contributed by atoms with Crippen LogP contribution in [0.4, 0.5) is 5.69 Å². The van der Waals surface area contributed by atoms with E-state index in [1.807, 2.05) is 11.0 Å². The number of piperidine rings is 1. The number of likely N-dealkylation sites (tertiary alicyclic amines) is 1. The minimum atomic E-state index is -3.50. The molecule has 30 heavy (non-hydrogen) atoms. The molecule has 0 aromatic heterocycles. The van der Waals surface area contributed by atoms with Crippen molar-refractivity contribution in [3.8, 4) is 0 Å². The number of nitrogens with zero attached hydrogens (tertiary/aromatic N) is 3. The van der Waals surface area contributed by atoms with E-state index >= 15 is 0 Å². The molecular formula is C21H33N5O3S. The molecular weight excluding hydrogens is 402 g/mol. The van der Waals surface area contributed by atoms with Gasteiger partial charge in [-0.1, -0.05) is 19.1 Å². The monoisotopic (exact) mass is 435 g/mol. The Hall–Kier alpha value is -1.68. The summed E-state index contributed by atoms with van der Waals surface area (Å²) in [5, 5.41) is 3.34. The molecule has 8 nitrogen and oxygen atoms in total. The normalized spacial score (nSPS) is 25.5. The van der Waals surface area contributed by atoms with Gasteiger partial charge < -0.3 is 20.0 Å². The second kappa shape index (κ2) is 9.21. The zero-order valence-corrected chi connectivity index (χ0v) is 18.5. The van der Waals surface area contributed by atoms with Crippen molar-refractivity contribution in [2.24, 2.45) is 5.92 Å². The molecule has 0 bridgehead atoms. The number of hydrogen-bond donors (Lipinski definition) is 2. The fourth-order valence-electron chi connectivity index (χ4n) is 4.69. The third-order valence-electron chi connectivity index (χ3n) is 6.69. The van der Waals surface area contributed by atoms with E-state index in [4.69, 9.17) is 0 Å². The average Bonchev–Trinajstić information content (AvgIpc) is 2.77. The molecule has 0 aliphatic carbocycles. The predicted molar refractivity (Wildman–Crippen MR) is 117 cm³/mol. The lowest BCUT2D eigenvalue weighted by Gasteiger charge is -2.39. The maximum atomic E-state index is 12.7. The van der Waals surface area contributed by atoms with E-state index in [1.165, 1.54) is 0 Å². The Balaban J connectivity index is 1.25. The van der Waals surface area contributed by atoms with Crippen LogP contribution in [0.1, 0.15) is 26.2 Å². The van der Waals surface area contributed by atoms with Crippen LogP contribution in [-0.2, 0) is 14.8 Å². The minimum Gasteiger partial charge on any atom is -0.368 e. The summed E-state index contributed by atoms with van der Waals surface area (Å²) in [6.45, 7) is 9.75. The van der Waals surface area contributed by atoms with E-state index in [-0.39, 0.29) is 18.0 Å². The van der Waals surface area contributed by atoms with Crippen LogP contribution in [0, 0.1) is 5.92 Å². The Morgan fingerprint density at radius 1 is 1.03 bits per heavy atom. The van der Waals surface area contributed by atoms with Crippen molar-refractivity contribution in [2.45, 2.75) is 37.2 Å². The Bertz CT molecular complexity index is 846. The van der Waals surface area contributed by atoms with Crippen molar-refractivity contribution in [1.82, 2.24) is 19.4 Å². The van der Waals surface area contributed by atoms with Gasteiger partial charge in [0, 0.05) is 52.2 Å². The van der Waals surface area contributed by atoms with Gasteiger partial charge in [-0.2, -0.15) is 4.72 Å². The van der Waals surface area contributed by atoms with Crippen LogP contribution in [0.5, 0.6) is 0 Å². The van der Waals surface area contributed by atoms with Crippen molar-refractivity contribution < 1.29 is 13.2 Å². The molecule has 166 valence electrons. The number of nitrogens with one attached hydrogen (secondary N) is 2. The molecule has 1 aromatic rings. The second-order valence-corrected chi connectivity index (χ2v) is 10.2. The van der Waals surface area contributed by atoms with Crippen LogP contribution in [-0.4, -0.2) is 87.5 Å². The number of fused-ring (bicyclic) bond motifs is 1. The Morgan fingerprint density at radius 3 is 2.40 bits per heavy atom. The van der Waals surface area contributed by atoms with Gasteiger partial charge in [-0.05, 0) is 37.4 Å². The third-order valence-corrected chi connectivity index (χ3v) is 8.19. The van der Waals surface area contributed by atoms with Crippen molar-refractivity contribution in [3.63, 3.8) is 0 Å². The van der Waals surface area contributed by atoms with Crippen molar-refractivity contribution in [2.75, 3.05) is 57.7 Å². The summed E-state index contributed by atoms with van der Waals surface area (Å²) in [6.07, 6.45) is 1.84. The molecule has 1 aromatic carbocycles. The molecule has 3 heterocycles. The molecule has 4 rings (SSSR count). The topological polar surface area (TPSA) is 85.0 Å². The average molecular weight is 436 g/mol. The van der Waals surface area contributed by atoms with E-state index in [0.717, 1.165) is 52.1 Å². The first-order valence-electron chi connectivity index (χ1n) is 11.1. The number of carbonyl (C=O) groups is 1. The third kappa shape index (κ3) is 4.80. The molecule has 1 amide bonds. The lowest BCUT2D eigenvalue weighted by molar-refractivity contribution is -0.133. The second-order valence-electron chi connectivity index (χ2n) is 8.48. The summed E-state index contributed by atoms with van der Waals surface area (Å²) >= 11 is 0. The van der Waals surface area contributed by atoms with Crippen LogP contribution in [0.25, 0.3) is 0 Å². The molecule has 1 unspecified atom stereocenters. The quantitative estimate of drug-likeness (QED) is 0.717. The standard InChI is InChI=1S/C21H33N5O3S/c1-2-24-13-15-25(16-14-24)10-9-20(27)26-11-7-17(8-12-26)21-22-18-5-3-4-6-19(18)30(28,29)23-21/h3-6,17,21-23H,2,7-16H2,1H3. The molecule has 1 atom stereocenters. The minimum absolute atomic E-state index is 0.166. The number of likely N-dealkylation sites (N-methyl/N-ethyl adjacent to an activating group) is 1. The Kier molecular flexibility index (Phi) is 6.62. The van der Waals surface area contributed by atoms with Gasteiger partial charge in [-0.3, -0.25) is 4.79 Å². The van der Waals surface area contributed by atoms with Crippen molar-refractivity contribution >= 4 is 21.6 Å². The molecule has 2 fully saturated rings. The van der Waals surface area contributed by atoms with Gasteiger partial charge in [0.1, 0.15) is 4.90 Å². The summed E-state index contributed by atoms with van der Waals surface area (Å²) in [7, 11) is -3.50. The van der Waals surface area contributed by atoms with Crippen LogP contribution in [0.2, 0.25) is 0 Å². The van der Waals surface area contributed by atoms with Crippen LogP contribution in [0.15, 0.2) is 29.2 Å². The highest BCUT2D eigenvalue weighted by atomic mass is 32.2. The highest BCUT2D eigenvalue weighted by Crippen LogP contribution is 2.30. The van der Waals surface area contributed by atoms with E-state index in [0.29, 0.717) is 30.1 Å². The molecule has 3 aliphatic heterocycles. The number of rotatable bonds is 5. The molecule has 0 saturated carbocycles. The zero-order chi connectivity index (χ0) is 21.1. The van der Waals surface area contributed by atoms with Gasteiger partial charge in [-0.15, -0.1) is 0 Å². The fourth-order valence-corrected chi connectivity index (χ4v) is 6.07. The van der Waals surface area contributed by atoms with Crippen LogP contribution in [0.3, 0.4) is 0 Å². The Morgan fingerprint density at radius 2 is 1.70 bits per heavy atom. The summed E-state index contributed by atoms with van der Waals surface area (Å²) in [5.41, 5.74) is 0.655. The zero-order valence-electron chi connectivity index (χ0n) is 17.7. The van der Waals surface area contributed by atoms with Crippen LogP contribution < -0.4 is 10.0 Å². The number of carbonyl (C=O) groups excluding carboxylic acids is 1. The van der Waals surface area contributed by atoms with E-state index in [1.54, 1.807) is 18.2 Å². The first-order valence-corrected chi connectivity index (χ1v) is 12.5. The van der Waals surface area contributed by atoms with Gasteiger partial charge in [0.05, 0.1) is 11.9 Å². The molecule has 9 heteroatoms. The van der Waals surface area contributed by atoms with Gasteiger partial charge >= 0.3 is 0 Å². The molecule has 3 aliphatic rings. The van der Waals surface area contributed by atoms with E-state index in [2.05, 4.69) is 26.8 Å². The summed E-state index contributed by atoms with van der Waals surface area (Å²) in [5.74, 6) is 0.383. The first-order chi connectivity index (χ1) is 14.5. The molecule has 2 saturated heterocycles. The van der Waals surface area contributed by atoms with Gasteiger partial charge in [0.2, 0.25) is 15.9 Å². The van der Waals surface area contributed by atoms with Gasteiger partial charge in [-0.25, -0.2) is 8.42 Å². The maximum absolute atomic E-state index is 12.7. The number of piperazine rings is 1. The van der Waals surface area contributed by atoms with Crippen LogP contribution >= 0.6 is 0 Å². The van der Waals surface area contributed by atoms with Gasteiger partial charge in [0.25, 0.3) is 0 Å². The smallest absolute Gasteiger partial charge is 0.244 e. The Labute approximate surface area is 179 Å². The van der Waals surface area contributed by atoms with Crippen molar-refractivity contribution in [3.05, 3.63) is 24.3 Å². The molecule has 2 N–H and O–H groups in total. The number of benzene rings is 1. The highest BCUT2D eigenvalue weighted by Gasteiger charge is 2.35. The summed E-state index contributed by atoms with van der Waals surface area (Å²) < 4.78 is 27.9. The molecule has 0 spiro atoms. The van der Waals surface area contributed by atoms with E-state index < -0.39 is 10.0 Å². The van der Waals surface area contributed by atoms with Gasteiger partial charge in [0.15, 0.2) is 0 Å². The maximum Gasteiger partial charge on any atom is 0.244 e. The highest BCUT2D eigenvalue weighted by molar-refractivity contribution is 7.89. The number of anilines is 1. The lowest BCUT2D eigenvalue weighted by atomic mass is 9.93. The predicted octanol–water partition coefficient (Wildman–Crippen LogP) is 0.983. The number of hydrogen-bond acceptors (Lipinski definition) is 6. The van der Waals surface area contributed by atoms with E-state index in [9.17, 15) is 13.2 Å². The first kappa shape index (κ1) is 21.5. The fraction of sp³-hybridized carbons (Fsp3) is 0.667. The SMILES string of the molecule is CCN1CCN(CCC(=O)N2CCC(C3Nc4ccccc4S(=O)(=O)N3)CC2)CC1. The number of amides is 1. The summed E-state index contributed by atoms with van der Waals surface area (Å²) in [4.78, 5) is 19.7. The van der Waals surface area contributed by atoms with Crippen molar-refractivity contribution in [1.29, 1.82) is 0 Å². The molecule has 0 radical (unpaired) electrons. The number of sulfonamides is 1. The number of para-hydroxylation sites is 1. The largest absolute Gasteiger partial charge is 0.368 e. The lowest BCUT2D eigenvalue weighted by Crippen LogP contribution is -2.52.